The van der Waals surface area contributed by atoms with Crippen LogP contribution in [0.5, 0.6) is 5.75 Å². The van der Waals surface area contributed by atoms with Gasteiger partial charge in [0.05, 0.1) is 19.3 Å². The third-order valence-corrected chi connectivity index (χ3v) is 6.77. The molecule has 2 aromatic carbocycles. The number of carbonyl (C=O) groups excluding carboxylic acids is 1. The summed E-state index contributed by atoms with van der Waals surface area (Å²) in [5.41, 5.74) is 4.87. The smallest absolute Gasteiger partial charge is 0.272 e. The Morgan fingerprint density at radius 2 is 1.83 bits per heavy atom. The quantitative estimate of drug-likeness (QED) is 0.526. The van der Waals surface area contributed by atoms with E-state index in [4.69, 9.17) is 9.47 Å². The highest BCUT2D eigenvalue weighted by Crippen LogP contribution is 2.26. The second-order valence-electron chi connectivity index (χ2n) is 9.45. The minimum Gasteiger partial charge on any atom is -0.491 e. The molecule has 182 valence electrons. The minimum absolute atomic E-state index is 0.0480. The lowest BCUT2D eigenvalue weighted by atomic mass is 10.0. The zero-order valence-electron chi connectivity index (χ0n) is 20.4. The number of nitrogens with zero attached hydrogens (tertiary/aromatic N) is 3. The molecule has 5 rings (SSSR count). The van der Waals surface area contributed by atoms with Crippen LogP contribution in [-0.4, -0.2) is 53.0 Å². The number of hydrogen-bond acceptors (Lipinski definition) is 5. The van der Waals surface area contributed by atoms with Gasteiger partial charge in [0.15, 0.2) is 0 Å². The van der Waals surface area contributed by atoms with Crippen molar-refractivity contribution in [1.29, 1.82) is 0 Å². The van der Waals surface area contributed by atoms with E-state index in [9.17, 15) is 4.79 Å². The van der Waals surface area contributed by atoms with E-state index in [1.165, 1.54) is 11.1 Å². The zero-order valence-corrected chi connectivity index (χ0v) is 20.4. The number of ether oxygens (including phenoxy) is 2. The monoisotopic (exact) mass is 471 g/mol. The van der Waals surface area contributed by atoms with Crippen LogP contribution in [0.2, 0.25) is 0 Å². The second kappa shape index (κ2) is 11.0. The van der Waals surface area contributed by atoms with E-state index in [1.54, 1.807) is 6.07 Å². The van der Waals surface area contributed by atoms with Gasteiger partial charge in [-0.1, -0.05) is 42.5 Å². The molecule has 0 unspecified atom stereocenters. The molecule has 0 aliphatic carbocycles. The summed E-state index contributed by atoms with van der Waals surface area (Å²) >= 11 is 0. The Hall–Kier alpha value is -3.22. The van der Waals surface area contributed by atoms with E-state index in [0.717, 1.165) is 49.5 Å². The fourth-order valence-electron chi connectivity index (χ4n) is 4.82. The van der Waals surface area contributed by atoms with E-state index < -0.39 is 0 Å². The molecule has 0 radical (unpaired) electrons. The highest BCUT2D eigenvalue weighted by Gasteiger charge is 2.24. The molecule has 2 aliphatic heterocycles. The molecule has 0 atom stereocenters. The van der Waals surface area contributed by atoms with Gasteiger partial charge in [0.1, 0.15) is 18.1 Å². The highest BCUT2D eigenvalue weighted by atomic mass is 16.5. The van der Waals surface area contributed by atoms with Gasteiger partial charge in [-0.2, -0.15) is 0 Å². The number of fused-ring (bicyclic) bond motifs is 1. The summed E-state index contributed by atoms with van der Waals surface area (Å²) in [5, 5.41) is 0. The number of benzene rings is 2. The van der Waals surface area contributed by atoms with E-state index in [0.29, 0.717) is 38.1 Å². The van der Waals surface area contributed by atoms with Crippen molar-refractivity contribution in [2.75, 3.05) is 26.2 Å². The lowest BCUT2D eigenvalue weighted by molar-refractivity contribution is -0.00394. The largest absolute Gasteiger partial charge is 0.491 e. The van der Waals surface area contributed by atoms with E-state index in [-0.39, 0.29) is 5.91 Å². The maximum Gasteiger partial charge on any atom is 0.272 e. The van der Waals surface area contributed by atoms with E-state index in [2.05, 4.69) is 52.3 Å². The van der Waals surface area contributed by atoms with Crippen molar-refractivity contribution >= 4 is 5.91 Å². The molecule has 1 aromatic heterocycles. The van der Waals surface area contributed by atoms with Crippen LogP contribution in [-0.2, 0) is 24.4 Å². The van der Waals surface area contributed by atoms with Crippen LogP contribution in [0.25, 0.3) is 0 Å². The number of carbonyl (C=O) groups is 1. The van der Waals surface area contributed by atoms with Crippen LogP contribution < -0.4 is 4.74 Å². The van der Waals surface area contributed by atoms with E-state index in [1.807, 2.05) is 30.0 Å². The van der Waals surface area contributed by atoms with Gasteiger partial charge in [-0.05, 0) is 55.2 Å². The molecule has 35 heavy (non-hydrogen) atoms. The predicted molar refractivity (Wildman–Crippen MR) is 135 cm³/mol. The normalized spacial score (nSPS) is 16.9. The molecule has 1 saturated heterocycles. The van der Waals surface area contributed by atoms with Gasteiger partial charge in [0.25, 0.3) is 5.91 Å². The molecule has 2 aliphatic rings. The molecule has 0 saturated carbocycles. The van der Waals surface area contributed by atoms with Crippen molar-refractivity contribution in [3.8, 4) is 5.75 Å². The Kier molecular flexibility index (Phi) is 7.40. The molecular formula is C29H33N3O3. The molecular weight excluding hydrogens is 438 g/mol. The SMILES string of the molecule is Cc1cccc(C(=O)N2CCOc3ccc(CN4CCC(OCc5ccccc5)CC4)cc3C2)n1. The average Bonchev–Trinajstić information content (AvgIpc) is 3.11. The van der Waals surface area contributed by atoms with Crippen LogP contribution in [0.4, 0.5) is 0 Å². The Labute approximate surface area is 207 Å². The first-order valence-electron chi connectivity index (χ1n) is 12.5. The number of hydrogen-bond donors (Lipinski definition) is 0. The molecule has 6 heteroatoms. The van der Waals surface area contributed by atoms with Gasteiger partial charge >= 0.3 is 0 Å². The maximum absolute atomic E-state index is 13.1. The molecule has 1 amide bonds. The van der Waals surface area contributed by atoms with Gasteiger partial charge in [-0.25, -0.2) is 4.98 Å². The van der Waals surface area contributed by atoms with Crippen LogP contribution >= 0.6 is 0 Å². The highest BCUT2D eigenvalue weighted by molar-refractivity contribution is 5.92. The lowest BCUT2D eigenvalue weighted by Gasteiger charge is -2.32. The van der Waals surface area contributed by atoms with Crippen molar-refractivity contribution in [3.63, 3.8) is 0 Å². The number of pyridine rings is 1. The number of rotatable bonds is 6. The van der Waals surface area contributed by atoms with Crippen molar-refractivity contribution < 1.29 is 14.3 Å². The lowest BCUT2D eigenvalue weighted by Crippen LogP contribution is -2.36. The van der Waals surface area contributed by atoms with Gasteiger partial charge in [0.2, 0.25) is 0 Å². The van der Waals surface area contributed by atoms with Crippen LogP contribution in [0, 0.1) is 6.92 Å². The number of aryl methyl sites for hydroxylation is 1. The number of piperidine rings is 1. The van der Waals surface area contributed by atoms with Gasteiger partial charge < -0.3 is 14.4 Å². The molecule has 6 nitrogen and oxygen atoms in total. The first-order valence-corrected chi connectivity index (χ1v) is 12.5. The Morgan fingerprint density at radius 1 is 1.00 bits per heavy atom. The molecule has 0 bridgehead atoms. The van der Waals surface area contributed by atoms with E-state index >= 15 is 0 Å². The molecule has 1 fully saturated rings. The summed E-state index contributed by atoms with van der Waals surface area (Å²) in [5.74, 6) is 0.822. The summed E-state index contributed by atoms with van der Waals surface area (Å²) in [7, 11) is 0. The predicted octanol–water partition coefficient (Wildman–Crippen LogP) is 4.61. The first kappa shape index (κ1) is 23.5. The average molecular weight is 472 g/mol. The zero-order chi connectivity index (χ0) is 24.0. The minimum atomic E-state index is -0.0480. The van der Waals surface area contributed by atoms with Crippen molar-refractivity contribution in [2.45, 2.75) is 45.6 Å². The standard InChI is InChI=1S/C29H33N3O3/c1-22-6-5-9-27(30-22)29(33)32-16-17-34-28-11-10-24(18-25(28)20-32)19-31-14-12-26(13-15-31)35-21-23-7-3-2-4-8-23/h2-11,18,26H,12-17,19-21H2,1H3. The van der Waals surface area contributed by atoms with Crippen LogP contribution in [0.1, 0.15) is 45.7 Å². The third-order valence-electron chi connectivity index (χ3n) is 6.77. The molecule has 3 heterocycles. The second-order valence-corrected chi connectivity index (χ2v) is 9.45. The Balaban J connectivity index is 1.17. The summed E-state index contributed by atoms with van der Waals surface area (Å²) in [4.78, 5) is 21.8. The molecule has 0 spiro atoms. The van der Waals surface area contributed by atoms with Crippen molar-refractivity contribution in [2.24, 2.45) is 0 Å². The fourth-order valence-corrected chi connectivity index (χ4v) is 4.82. The molecule has 0 N–H and O–H groups in total. The number of aromatic nitrogens is 1. The van der Waals surface area contributed by atoms with Gasteiger partial charge in [-0.3, -0.25) is 9.69 Å². The van der Waals surface area contributed by atoms with Crippen LogP contribution in [0.15, 0.2) is 66.7 Å². The first-order chi connectivity index (χ1) is 17.1. The Bertz CT molecular complexity index is 1140. The van der Waals surface area contributed by atoms with Crippen LogP contribution in [0.3, 0.4) is 0 Å². The Morgan fingerprint density at radius 3 is 2.63 bits per heavy atom. The summed E-state index contributed by atoms with van der Waals surface area (Å²) < 4.78 is 12.1. The van der Waals surface area contributed by atoms with Gasteiger partial charge in [0, 0.05) is 37.4 Å². The number of amides is 1. The maximum atomic E-state index is 13.1. The summed E-state index contributed by atoms with van der Waals surface area (Å²) in [6, 6.07) is 22.3. The topological polar surface area (TPSA) is 54.9 Å². The third kappa shape index (κ3) is 6.08. The number of likely N-dealkylation sites (tertiary alicyclic amines) is 1. The summed E-state index contributed by atoms with van der Waals surface area (Å²) in [6.45, 7) is 7.10. The van der Waals surface area contributed by atoms with Gasteiger partial charge in [-0.15, -0.1) is 0 Å². The molecule has 3 aromatic rings. The van der Waals surface area contributed by atoms with Crippen molar-refractivity contribution in [1.82, 2.24) is 14.8 Å². The summed E-state index contributed by atoms with van der Waals surface area (Å²) in [6.07, 6.45) is 2.42. The van der Waals surface area contributed by atoms with Crippen molar-refractivity contribution in [3.05, 3.63) is 94.8 Å². The fraction of sp³-hybridized carbons (Fsp3) is 0.379.